The molecule has 0 atom stereocenters. The Kier molecular flexibility index (Phi) is 5.18. The zero-order valence-electron chi connectivity index (χ0n) is 9.62. The quantitative estimate of drug-likeness (QED) is 0.769. The number of hydrogen-bond donors (Lipinski definition) is 1. The van der Waals surface area contributed by atoms with Gasteiger partial charge in [0.25, 0.3) is 0 Å². The first-order valence-electron chi connectivity index (χ1n) is 5.40. The minimum absolute atomic E-state index is 0.0303. The second kappa shape index (κ2) is 6.42. The van der Waals surface area contributed by atoms with E-state index in [9.17, 15) is 13.6 Å². The van der Waals surface area contributed by atoms with Crippen LogP contribution in [0.3, 0.4) is 0 Å². The molecular formula is C12H15F2NO2. The van der Waals surface area contributed by atoms with Gasteiger partial charge in [-0.1, -0.05) is 6.92 Å². The molecule has 1 rings (SSSR count). The van der Waals surface area contributed by atoms with Crippen LogP contribution in [0, 0.1) is 11.6 Å². The first kappa shape index (κ1) is 13.7. The fraction of sp³-hybridized carbons (Fsp3) is 0.417. The Balaban J connectivity index is 2.78. The van der Waals surface area contributed by atoms with Crippen molar-refractivity contribution in [1.82, 2.24) is 4.90 Å². The lowest BCUT2D eigenvalue weighted by Crippen LogP contribution is -2.32. The number of aliphatic hydroxyl groups excluding tert-OH is 1. The van der Waals surface area contributed by atoms with Crippen molar-refractivity contribution in [1.29, 1.82) is 0 Å². The zero-order chi connectivity index (χ0) is 12.8. The average molecular weight is 243 g/mol. The Bertz CT molecular complexity index is 396. The maximum atomic E-state index is 13.3. The van der Waals surface area contributed by atoms with Crippen molar-refractivity contribution in [2.24, 2.45) is 0 Å². The number of rotatable bonds is 6. The van der Waals surface area contributed by atoms with Crippen molar-refractivity contribution in [3.05, 3.63) is 35.4 Å². The van der Waals surface area contributed by atoms with E-state index < -0.39 is 17.4 Å². The highest BCUT2D eigenvalue weighted by Gasteiger charge is 2.15. The van der Waals surface area contributed by atoms with Crippen LogP contribution in [0.15, 0.2) is 18.2 Å². The zero-order valence-corrected chi connectivity index (χ0v) is 9.62. The Morgan fingerprint density at radius 2 is 2.12 bits per heavy atom. The van der Waals surface area contributed by atoms with Gasteiger partial charge in [-0.2, -0.15) is 0 Å². The van der Waals surface area contributed by atoms with Crippen LogP contribution in [-0.2, 0) is 0 Å². The number of likely N-dealkylation sites (N-methyl/N-ethyl adjacent to an activating group) is 1. The lowest BCUT2D eigenvalue weighted by atomic mass is 10.1. The summed E-state index contributed by atoms with van der Waals surface area (Å²) in [5, 5.41) is 8.76. The van der Waals surface area contributed by atoms with Gasteiger partial charge in [-0.3, -0.25) is 9.69 Å². The van der Waals surface area contributed by atoms with Crippen LogP contribution in [0.1, 0.15) is 17.3 Å². The summed E-state index contributed by atoms with van der Waals surface area (Å²) < 4.78 is 26.2. The van der Waals surface area contributed by atoms with E-state index in [1.54, 1.807) is 4.90 Å². The molecule has 5 heteroatoms. The molecule has 17 heavy (non-hydrogen) atoms. The number of carbonyl (C=O) groups excluding carboxylic acids is 1. The molecule has 0 amide bonds. The number of ketones is 1. The number of nitrogens with zero attached hydrogens (tertiary/aromatic N) is 1. The summed E-state index contributed by atoms with van der Waals surface area (Å²) in [6.07, 6.45) is 0. The number of Topliss-reactive ketones (excluding diaryl/α,β-unsaturated/α-hetero) is 1. The molecule has 0 radical (unpaired) electrons. The molecule has 0 aromatic heterocycles. The molecular weight excluding hydrogens is 228 g/mol. The molecule has 1 N–H and O–H groups in total. The summed E-state index contributed by atoms with van der Waals surface area (Å²) in [6, 6.07) is 2.80. The summed E-state index contributed by atoms with van der Waals surface area (Å²) in [7, 11) is 0. The SMILES string of the molecule is CCN(CCO)CC(=O)c1cc(F)ccc1F. The molecule has 0 spiro atoms. The molecule has 0 bridgehead atoms. The molecule has 0 aliphatic heterocycles. The molecule has 3 nitrogen and oxygen atoms in total. The molecule has 94 valence electrons. The van der Waals surface area contributed by atoms with Gasteiger partial charge >= 0.3 is 0 Å². The molecule has 0 aliphatic carbocycles. The van der Waals surface area contributed by atoms with Gasteiger partial charge in [0.05, 0.1) is 18.7 Å². The third-order valence-electron chi connectivity index (χ3n) is 2.46. The van der Waals surface area contributed by atoms with Crippen molar-refractivity contribution in [2.75, 3.05) is 26.2 Å². The summed E-state index contributed by atoms with van der Waals surface area (Å²) in [6.45, 7) is 2.61. The molecule has 0 heterocycles. The number of hydrogen-bond acceptors (Lipinski definition) is 3. The second-order valence-electron chi connectivity index (χ2n) is 3.64. The van der Waals surface area contributed by atoms with Gasteiger partial charge in [0.1, 0.15) is 11.6 Å². The highest BCUT2D eigenvalue weighted by atomic mass is 19.1. The van der Waals surface area contributed by atoms with Crippen molar-refractivity contribution in [3.8, 4) is 0 Å². The van der Waals surface area contributed by atoms with Gasteiger partial charge in [0, 0.05) is 6.54 Å². The maximum Gasteiger partial charge on any atom is 0.179 e. The maximum absolute atomic E-state index is 13.3. The third kappa shape index (κ3) is 3.87. The van der Waals surface area contributed by atoms with Crippen molar-refractivity contribution in [2.45, 2.75) is 6.92 Å². The largest absolute Gasteiger partial charge is 0.395 e. The van der Waals surface area contributed by atoms with Crippen molar-refractivity contribution >= 4 is 5.78 Å². The van der Waals surface area contributed by atoms with Crippen LogP contribution in [0.2, 0.25) is 0 Å². The highest BCUT2D eigenvalue weighted by Crippen LogP contribution is 2.11. The Hall–Kier alpha value is -1.33. The lowest BCUT2D eigenvalue weighted by molar-refractivity contribution is 0.0915. The van der Waals surface area contributed by atoms with E-state index in [0.29, 0.717) is 13.1 Å². The van der Waals surface area contributed by atoms with Crippen LogP contribution < -0.4 is 0 Å². The number of carbonyl (C=O) groups is 1. The van der Waals surface area contributed by atoms with E-state index in [1.165, 1.54) is 0 Å². The van der Waals surface area contributed by atoms with Crippen LogP contribution in [-0.4, -0.2) is 42.0 Å². The number of halogens is 2. The fourth-order valence-corrected chi connectivity index (χ4v) is 1.49. The normalized spacial score (nSPS) is 10.9. The van der Waals surface area contributed by atoms with Crippen LogP contribution in [0.5, 0.6) is 0 Å². The van der Waals surface area contributed by atoms with Crippen molar-refractivity contribution in [3.63, 3.8) is 0 Å². The average Bonchev–Trinajstić information content (AvgIpc) is 2.31. The van der Waals surface area contributed by atoms with Crippen LogP contribution >= 0.6 is 0 Å². The minimum atomic E-state index is -0.726. The molecule has 0 unspecified atom stereocenters. The van der Waals surface area contributed by atoms with E-state index >= 15 is 0 Å². The monoisotopic (exact) mass is 243 g/mol. The molecule has 0 aliphatic rings. The second-order valence-corrected chi connectivity index (χ2v) is 3.64. The minimum Gasteiger partial charge on any atom is -0.395 e. The van der Waals surface area contributed by atoms with Gasteiger partial charge in [0.15, 0.2) is 5.78 Å². The summed E-state index contributed by atoms with van der Waals surface area (Å²) in [5.74, 6) is -1.85. The topological polar surface area (TPSA) is 40.5 Å². The van der Waals surface area contributed by atoms with E-state index in [2.05, 4.69) is 0 Å². The first-order chi connectivity index (χ1) is 8.08. The van der Waals surface area contributed by atoms with E-state index in [-0.39, 0.29) is 18.7 Å². The smallest absolute Gasteiger partial charge is 0.179 e. The van der Waals surface area contributed by atoms with Gasteiger partial charge in [0.2, 0.25) is 0 Å². The standard InChI is InChI=1S/C12H15F2NO2/c1-2-15(5-6-16)8-12(17)10-7-9(13)3-4-11(10)14/h3-4,7,16H,2,5-6,8H2,1H3. The van der Waals surface area contributed by atoms with E-state index in [1.807, 2.05) is 6.92 Å². The van der Waals surface area contributed by atoms with Gasteiger partial charge in [-0.05, 0) is 24.7 Å². The molecule has 0 saturated heterocycles. The van der Waals surface area contributed by atoms with Crippen LogP contribution in [0.4, 0.5) is 8.78 Å². The predicted molar refractivity (Wildman–Crippen MR) is 59.9 cm³/mol. The molecule has 1 aromatic rings. The third-order valence-corrected chi connectivity index (χ3v) is 2.46. The van der Waals surface area contributed by atoms with Crippen LogP contribution in [0.25, 0.3) is 0 Å². The van der Waals surface area contributed by atoms with Gasteiger partial charge in [-0.15, -0.1) is 0 Å². The summed E-state index contributed by atoms with van der Waals surface area (Å²) in [4.78, 5) is 13.4. The Morgan fingerprint density at radius 1 is 1.41 bits per heavy atom. The fourth-order valence-electron chi connectivity index (χ4n) is 1.49. The Labute approximate surface area is 98.7 Å². The molecule has 1 aromatic carbocycles. The van der Waals surface area contributed by atoms with E-state index in [4.69, 9.17) is 5.11 Å². The first-order valence-corrected chi connectivity index (χ1v) is 5.40. The Morgan fingerprint density at radius 3 is 2.71 bits per heavy atom. The van der Waals surface area contributed by atoms with E-state index in [0.717, 1.165) is 18.2 Å². The molecule has 0 fully saturated rings. The van der Waals surface area contributed by atoms with Gasteiger partial charge < -0.3 is 5.11 Å². The number of aliphatic hydroxyl groups is 1. The predicted octanol–water partition coefficient (Wildman–Crippen LogP) is 1.46. The summed E-state index contributed by atoms with van der Waals surface area (Å²) in [5.41, 5.74) is -0.249. The lowest BCUT2D eigenvalue weighted by Gasteiger charge is -2.18. The van der Waals surface area contributed by atoms with Crippen molar-refractivity contribution < 1.29 is 18.7 Å². The molecule has 0 saturated carbocycles. The van der Waals surface area contributed by atoms with Gasteiger partial charge in [-0.25, -0.2) is 8.78 Å². The number of benzene rings is 1. The highest BCUT2D eigenvalue weighted by molar-refractivity contribution is 5.97. The summed E-state index contributed by atoms with van der Waals surface area (Å²) >= 11 is 0.